The molecule has 0 amide bonds. The molecule has 0 saturated heterocycles. The summed E-state index contributed by atoms with van der Waals surface area (Å²) in [6.45, 7) is 36.3. The minimum absolute atomic E-state index is 0.00374. The molecule has 0 N–H and O–H groups in total. The molecule has 0 unspecified atom stereocenters. The number of nitrogens with zero attached hydrogens (tertiary/aromatic N) is 2. The maximum atomic E-state index is 2.82. The Morgan fingerprint density at radius 1 is 0.443 bits per heavy atom. The summed E-state index contributed by atoms with van der Waals surface area (Å²) in [6, 6.07) is 52.8. The molecule has 12 rings (SSSR count). The Kier molecular flexibility index (Phi) is 9.36. The van der Waals surface area contributed by atoms with E-state index in [4.69, 9.17) is 0 Å². The second-order valence-electron chi connectivity index (χ2n) is 26.5. The molecule has 70 heavy (non-hydrogen) atoms. The maximum absolute atomic E-state index is 2.82. The highest BCUT2D eigenvalue weighted by molar-refractivity contribution is 6.85. The Labute approximate surface area is 419 Å². The molecule has 3 heteroatoms. The molecule has 0 saturated carbocycles. The zero-order valence-electron chi connectivity index (χ0n) is 44.6. The zero-order valence-corrected chi connectivity index (χ0v) is 44.6. The Morgan fingerprint density at radius 3 is 1.63 bits per heavy atom. The van der Waals surface area contributed by atoms with Crippen LogP contribution in [0.1, 0.15) is 156 Å². The lowest BCUT2D eigenvalue weighted by Crippen LogP contribution is -2.52. The maximum Gasteiger partial charge on any atom is 0.329 e. The molecular weight excluding hydrogens is 844 g/mol. The van der Waals surface area contributed by atoms with E-state index >= 15 is 0 Å². The van der Waals surface area contributed by atoms with Crippen LogP contribution in [-0.2, 0) is 32.5 Å². The van der Waals surface area contributed by atoms with Crippen LogP contribution in [0.25, 0.3) is 60.9 Å². The van der Waals surface area contributed by atoms with Crippen molar-refractivity contribution in [2.45, 2.75) is 149 Å². The fraction of sp³-hybridized carbons (Fsp3) is 0.343. The quantitative estimate of drug-likeness (QED) is 0.160. The van der Waals surface area contributed by atoms with Crippen LogP contribution < -0.4 is 10.4 Å². The van der Waals surface area contributed by atoms with Crippen molar-refractivity contribution < 1.29 is 0 Å². The molecule has 0 radical (unpaired) electrons. The summed E-state index contributed by atoms with van der Waals surface area (Å²) in [6.07, 6.45) is 2.35. The molecule has 1 aromatic heterocycles. The highest BCUT2D eigenvalue weighted by Gasteiger charge is 2.55. The van der Waals surface area contributed by atoms with Crippen LogP contribution in [0.2, 0.25) is 0 Å². The molecule has 2 nitrogen and oxygen atoms in total. The molecule has 2 aliphatic heterocycles. The van der Waals surface area contributed by atoms with Gasteiger partial charge in [-0.3, -0.25) is 0 Å². The third-order valence-corrected chi connectivity index (χ3v) is 17.5. The molecule has 0 atom stereocenters. The molecule has 0 fully saturated rings. The molecule has 0 spiro atoms. The molecular formula is C67H71BN2. The summed E-state index contributed by atoms with van der Waals surface area (Å²) >= 11 is 0. The normalized spacial score (nSPS) is 17.5. The van der Waals surface area contributed by atoms with Gasteiger partial charge < -0.3 is 9.38 Å². The standard InChI is InChI=1S/C67H71BN2/c1-62(2,3)43-26-28-55(46(34-43)41-24-20-17-21-25-41)69-57-33-42(40-22-18-16-19-23-40)32-48-50-37-45(64(7,8)9)36-49-47-35-44(63(4,5)6)27-29-56(47)70(59(49)50)68(58(48)57)61-60(69)51-38-53-54(39-52(51)67(61,14)15)66(12,13)31-30-65(53,10)11/h16-29,32-39H,30-31H2,1-15H3. The lowest BCUT2D eigenvalue weighted by molar-refractivity contribution is 0.331. The van der Waals surface area contributed by atoms with E-state index in [1.807, 2.05) is 0 Å². The van der Waals surface area contributed by atoms with Crippen LogP contribution in [-0.4, -0.2) is 11.3 Å². The summed E-state index contributed by atoms with van der Waals surface area (Å²) in [5.41, 5.74) is 26.7. The molecule has 3 heterocycles. The number of hydrogen-bond acceptors (Lipinski definition) is 1. The highest BCUT2D eigenvalue weighted by Crippen LogP contribution is 2.60. The van der Waals surface area contributed by atoms with Crippen LogP contribution in [0.4, 0.5) is 11.4 Å². The van der Waals surface area contributed by atoms with Crippen LogP contribution in [0.15, 0.2) is 139 Å². The first-order valence-corrected chi connectivity index (χ1v) is 26.2. The zero-order chi connectivity index (χ0) is 49.4. The van der Waals surface area contributed by atoms with Crippen molar-refractivity contribution in [3.05, 3.63) is 178 Å². The van der Waals surface area contributed by atoms with E-state index in [9.17, 15) is 0 Å². The van der Waals surface area contributed by atoms with E-state index < -0.39 is 0 Å². The summed E-state index contributed by atoms with van der Waals surface area (Å²) in [5, 5.41) is 2.72. The van der Waals surface area contributed by atoms with Crippen molar-refractivity contribution in [2.24, 2.45) is 0 Å². The Morgan fingerprint density at radius 2 is 1.00 bits per heavy atom. The monoisotopic (exact) mass is 915 g/mol. The molecule has 0 bridgehead atoms. The van der Waals surface area contributed by atoms with Crippen molar-refractivity contribution in [1.82, 2.24) is 4.48 Å². The van der Waals surface area contributed by atoms with Crippen molar-refractivity contribution in [3.8, 4) is 33.4 Å². The summed E-state index contributed by atoms with van der Waals surface area (Å²) in [4.78, 5) is 2.77. The van der Waals surface area contributed by atoms with E-state index in [1.165, 1.54) is 135 Å². The molecule has 7 aromatic carbocycles. The second kappa shape index (κ2) is 14.5. The van der Waals surface area contributed by atoms with Crippen molar-refractivity contribution in [1.29, 1.82) is 0 Å². The lowest BCUT2D eigenvalue weighted by Gasteiger charge is -2.44. The lowest BCUT2D eigenvalue weighted by atomic mass is 9.40. The number of benzene rings is 7. The third-order valence-electron chi connectivity index (χ3n) is 17.5. The average molecular weight is 915 g/mol. The van der Waals surface area contributed by atoms with Gasteiger partial charge in [-0.05, 0) is 161 Å². The SMILES string of the molecule is CC(C)(C)c1ccc(N2C3=C(B4c5c(cc(-c6ccccc6)cc52)-c2cc(C(C)(C)C)cc5c6cc(C(C)(C)C)ccc6n4c25)C(C)(C)c2cc4c(cc23)C(C)(C)CCC4(C)C)c(-c2ccccc2)c1. The molecule has 352 valence electrons. The summed E-state index contributed by atoms with van der Waals surface area (Å²) in [7, 11) is 0. The van der Waals surface area contributed by atoms with Gasteiger partial charge in [0.05, 0.1) is 5.69 Å². The van der Waals surface area contributed by atoms with E-state index in [0.717, 1.165) is 0 Å². The average Bonchev–Trinajstić information content (AvgIpc) is 3.76. The van der Waals surface area contributed by atoms with E-state index in [2.05, 4.69) is 247 Å². The van der Waals surface area contributed by atoms with Gasteiger partial charge in [0.25, 0.3) is 0 Å². The molecule has 2 aliphatic carbocycles. The van der Waals surface area contributed by atoms with Gasteiger partial charge in [-0.1, -0.05) is 183 Å². The Bertz CT molecular complexity index is 3550. The van der Waals surface area contributed by atoms with Crippen LogP contribution >= 0.6 is 0 Å². The fourth-order valence-corrected chi connectivity index (χ4v) is 13.1. The first kappa shape index (κ1) is 45.1. The number of fused-ring (bicyclic) bond motifs is 9. The number of aromatic nitrogens is 1. The van der Waals surface area contributed by atoms with Gasteiger partial charge in [-0.2, -0.15) is 0 Å². The number of hydrogen-bond donors (Lipinski definition) is 0. The number of anilines is 2. The van der Waals surface area contributed by atoms with Gasteiger partial charge in [0.2, 0.25) is 0 Å². The van der Waals surface area contributed by atoms with E-state index in [0.29, 0.717) is 0 Å². The van der Waals surface area contributed by atoms with Crippen LogP contribution in [0, 0.1) is 0 Å². The van der Waals surface area contributed by atoms with Crippen molar-refractivity contribution in [3.63, 3.8) is 0 Å². The molecule has 4 aliphatic rings. The van der Waals surface area contributed by atoms with Gasteiger partial charge in [0.1, 0.15) is 0 Å². The van der Waals surface area contributed by atoms with Gasteiger partial charge in [0, 0.05) is 55.3 Å². The Hall–Kier alpha value is -6.06. The van der Waals surface area contributed by atoms with Crippen molar-refractivity contribution >= 4 is 51.2 Å². The van der Waals surface area contributed by atoms with Gasteiger partial charge >= 0.3 is 6.85 Å². The minimum Gasteiger partial charge on any atom is -0.376 e. The van der Waals surface area contributed by atoms with E-state index in [-0.39, 0.29) is 39.3 Å². The first-order chi connectivity index (χ1) is 32.9. The summed E-state index contributed by atoms with van der Waals surface area (Å²) in [5.74, 6) is 0. The third kappa shape index (κ3) is 6.44. The number of rotatable bonds is 3. The molecule has 8 aromatic rings. The Balaban J connectivity index is 1.30. The van der Waals surface area contributed by atoms with Gasteiger partial charge in [0.15, 0.2) is 0 Å². The first-order valence-electron chi connectivity index (χ1n) is 26.2. The van der Waals surface area contributed by atoms with Gasteiger partial charge in [-0.15, -0.1) is 0 Å². The topological polar surface area (TPSA) is 8.17 Å². The largest absolute Gasteiger partial charge is 0.376 e. The van der Waals surface area contributed by atoms with Crippen molar-refractivity contribution in [2.75, 3.05) is 4.90 Å². The highest BCUT2D eigenvalue weighted by atomic mass is 15.2. The van der Waals surface area contributed by atoms with E-state index in [1.54, 1.807) is 0 Å². The number of allylic oxidation sites excluding steroid dienone is 1. The second-order valence-corrected chi connectivity index (χ2v) is 26.5. The van der Waals surface area contributed by atoms with Crippen LogP contribution in [0.5, 0.6) is 0 Å². The minimum atomic E-state index is -0.317. The predicted molar refractivity (Wildman–Crippen MR) is 303 cm³/mol. The summed E-state index contributed by atoms with van der Waals surface area (Å²) < 4.78 is 2.82. The fourth-order valence-electron chi connectivity index (χ4n) is 13.1. The predicted octanol–water partition coefficient (Wildman–Crippen LogP) is 17.5. The van der Waals surface area contributed by atoms with Crippen LogP contribution in [0.3, 0.4) is 0 Å². The van der Waals surface area contributed by atoms with Gasteiger partial charge in [-0.25, -0.2) is 0 Å². The smallest absolute Gasteiger partial charge is 0.329 e.